The topological polar surface area (TPSA) is 29.5 Å². The first kappa shape index (κ1) is 12.0. The first-order valence-corrected chi connectivity index (χ1v) is 5.47. The van der Waals surface area contributed by atoms with Gasteiger partial charge in [0.15, 0.2) is 0 Å². The Morgan fingerprint density at radius 2 is 1.50 bits per heavy atom. The lowest BCUT2D eigenvalue weighted by Gasteiger charge is -2.62. The summed E-state index contributed by atoms with van der Waals surface area (Å²) in [4.78, 5) is 4.66. The van der Waals surface area contributed by atoms with Gasteiger partial charge in [-0.2, -0.15) is 0 Å². The van der Waals surface area contributed by atoms with Crippen LogP contribution in [-0.2, 0) is 4.89 Å². The van der Waals surface area contributed by atoms with E-state index in [4.69, 9.17) is 5.26 Å². The van der Waals surface area contributed by atoms with E-state index in [9.17, 15) is 0 Å². The van der Waals surface area contributed by atoms with E-state index in [-0.39, 0.29) is 22.3 Å². The fraction of sp³-hybridized carbons (Fsp3) is 1.00. The van der Waals surface area contributed by atoms with Crippen LogP contribution in [-0.4, -0.2) is 11.4 Å². The van der Waals surface area contributed by atoms with Crippen molar-refractivity contribution in [2.75, 3.05) is 0 Å². The highest BCUT2D eigenvalue weighted by atomic mass is 17.1. The highest BCUT2D eigenvalue weighted by Crippen LogP contribution is 2.64. The molecule has 1 N–H and O–H groups in total. The summed E-state index contributed by atoms with van der Waals surface area (Å²) >= 11 is 0. The van der Waals surface area contributed by atoms with Gasteiger partial charge < -0.3 is 0 Å². The lowest BCUT2D eigenvalue weighted by atomic mass is 9.44. The summed E-state index contributed by atoms with van der Waals surface area (Å²) in [6, 6.07) is 0. The molecule has 0 heterocycles. The molecule has 1 unspecified atom stereocenters. The Morgan fingerprint density at radius 3 is 1.57 bits per heavy atom. The average molecular weight is 200 g/mol. The van der Waals surface area contributed by atoms with Crippen molar-refractivity contribution in [3.8, 4) is 0 Å². The summed E-state index contributed by atoms with van der Waals surface area (Å²) in [5.41, 5.74) is 0.419. The predicted octanol–water partition coefficient (Wildman–Crippen LogP) is 3.72. The third-order valence-corrected chi connectivity index (χ3v) is 4.15. The third kappa shape index (κ3) is 1.40. The standard InChI is InChI=1S/C12H24O2/c1-10(2,3)12(11(4,5)6)8-7-9(12)14-13/h9,13H,7-8H2,1-6H3. The number of hydrogen-bond acceptors (Lipinski definition) is 2. The summed E-state index contributed by atoms with van der Waals surface area (Å²) in [5.74, 6) is 0. The third-order valence-electron chi connectivity index (χ3n) is 4.15. The smallest absolute Gasteiger partial charge is 0.0993 e. The van der Waals surface area contributed by atoms with Crippen molar-refractivity contribution in [1.29, 1.82) is 0 Å². The molecule has 2 nitrogen and oxygen atoms in total. The van der Waals surface area contributed by atoms with Gasteiger partial charge in [0.2, 0.25) is 0 Å². The fourth-order valence-corrected chi connectivity index (χ4v) is 3.53. The van der Waals surface area contributed by atoms with E-state index < -0.39 is 0 Å². The maximum Gasteiger partial charge on any atom is 0.0993 e. The Morgan fingerprint density at radius 1 is 1.07 bits per heavy atom. The molecule has 1 aliphatic rings. The van der Waals surface area contributed by atoms with Crippen LogP contribution in [0.5, 0.6) is 0 Å². The molecule has 0 aliphatic heterocycles. The molecule has 0 spiro atoms. The van der Waals surface area contributed by atoms with Crippen LogP contribution in [0.1, 0.15) is 54.4 Å². The van der Waals surface area contributed by atoms with Gasteiger partial charge >= 0.3 is 0 Å². The molecule has 1 aliphatic carbocycles. The molecule has 1 atom stereocenters. The van der Waals surface area contributed by atoms with Crippen molar-refractivity contribution in [2.45, 2.75) is 60.5 Å². The van der Waals surface area contributed by atoms with Crippen LogP contribution in [0.4, 0.5) is 0 Å². The lowest BCUT2D eigenvalue weighted by molar-refractivity contribution is -0.360. The van der Waals surface area contributed by atoms with Gasteiger partial charge in [0.05, 0.1) is 6.10 Å². The van der Waals surface area contributed by atoms with Crippen LogP contribution in [0.25, 0.3) is 0 Å². The molecular formula is C12H24O2. The molecule has 0 aromatic carbocycles. The molecule has 0 amide bonds. The highest BCUT2D eigenvalue weighted by Gasteiger charge is 2.61. The van der Waals surface area contributed by atoms with E-state index in [0.29, 0.717) is 0 Å². The maximum atomic E-state index is 8.95. The van der Waals surface area contributed by atoms with Crippen LogP contribution >= 0.6 is 0 Å². The SMILES string of the molecule is CC(C)(C)C1(C(C)(C)C)CCC1OO. The van der Waals surface area contributed by atoms with Crippen LogP contribution in [0.15, 0.2) is 0 Å². The van der Waals surface area contributed by atoms with E-state index in [0.717, 1.165) is 12.8 Å². The summed E-state index contributed by atoms with van der Waals surface area (Å²) in [5, 5.41) is 8.95. The molecule has 1 saturated carbocycles. The lowest BCUT2D eigenvalue weighted by Crippen LogP contribution is -2.61. The minimum Gasteiger partial charge on any atom is -0.252 e. The highest BCUT2D eigenvalue weighted by molar-refractivity contribution is 5.09. The zero-order valence-electron chi connectivity index (χ0n) is 10.3. The second kappa shape index (κ2) is 3.21. The molecule has 1 rings (SSSR count). The second-order valence-electron chi connectivity index (χ2n) is 6.60. The van der Waals surface area contributed by atoms with Gasteiger partial charge in [-0.3, -0.25) is 5.26 Å². The second-order valence-corrected chi connectivity index (χ2v) is 6.60. The zero-order valence-corrected chi connectivity index (χ0v) is 10.3. The number of rotatable bonds is 1. The first-order valence-electron chi connectivity index (χ1n) is 5.47. The summed E-state index contributed by atoms with van der Waals surface area (Å²) in [6.07, 6.45) is 2.12. The fourth-order valence-electron chi connectivity index (χ4n) is 3.53. The minimum atomic E-state index is 0.00231. The maximum absolute atomic E-state index is 8.95. The average Bonchev–Trinajstić information content (AvgIpc) is 1.77. The summed E-state index contributed by atoms with van der Waals surface area (Å²) in [7, 11) is 0. The molecule has 0 saturated heterocycles. The van der Waals surface area contributed by atoms with Gasteiger partial charge in [0, 0.05) is 5.41 Å². The van der Waals surface area contributed by atoms with Gasteiger partial charge in [-0.25, -0.2) is 4.89 Å². The minimum absolute atomic E-state index is 0.00231. The Balaban J connectivity index is 3.05. The van der Waals surface area contributed by atoms with Crippen molar-refractivity contribution in [2.24, 2.45) is 16.2 Å². The predicted molar refractivity (Wildman–Crippen MR) is 58.1 cm³/mol. The van der Waals surface area contributed by atoms with Crippen LogP contribution in [0, 0.1) is 16.2 Å². The van der Waals surface area contributed by atoms with Crippen LogP contribution in [0.3, 0.4) is 0 Å². The van der Waals surface area contributed by atoms with Crippen molar-refractivity contribution in [1.82, 2.24) is 0 Å². The largest absolute Gasteiger partial charge is 0.252 e. The van der Waals surface area contributed by atoms with Gasteiger partial charge in [-0.1, -0.05) is 41.5 Å². The van der Waals surface area contributed by atoms with Crippen molar-refractivity contribution in [3.05, 3.63) is 0 Å². The quantitative estimate of drug-likeness (QED) is 0.516. The van der Waals surface area contributed by atoms with Gasteiger partial charge in [-0.15, -0.1) is 0 Å². The Kier molecular flexibility index (Phi) is 2.75. The molecule has 0 radical (unpaired) electrons. The van der Waals surface area contributed by atoms with E-state index >= 15 is 0 Å². The zero-order chi connectivity index (χ0) is 11.2. The first-order chi connectivity index (χ1) is 6.17. The van der Waals surface area contributed by atoms with E-state index in [1.54, 1.807) is 0 Å². The molecule has 0 bridgehead atoms. The Hall–Kier alpha value is -0.0800. The monoisotopic (exact) mass is 200 g/mol. The molecule has 1 fully saturated rings. The normalized spacial score (nSPS) is 27.2. The van der Waals surface area contributed by atoms with Crippen molar-refractivity contribution < 1.29 is 10.1 Å². The van der Waals surface area contributed by atoms with Gasteiger partial charge in [0.25, 0.3) is 0 Å². The molecule has 0 aromatic rings. The number of hydrogen-bond donors (Lipinski definition) is 1. The van der Waals surface area contributed by atoms with Crippen LogP contribution < -0.4 is 0 Å². The van der Waals surface area contributed by atoms with Gasteiger partial charge in [-0.05, 0) is 23.7 Å². The van der Waals surface area contributed by atoms with Crippen molar-refractivity contribution >= 4 is 0 Å². The van der Waals surface area contributed by atoms with Crippen molar-refractivity contribution in [3.63, 3.8) is 0 Å². The van der Waals surface area contributed by atoms with Crippen LogP contribution in [0.2, 0.25) is 0 Å². The van der Waals surface area contributed by atoms with E-state index in [1.165, 1.54) is 0 Å². The van der Waals surface area contributed by atoms with E-state index in [1.807, 2.05) is 0 Å². The van der Waals surface area contributed by atoms with E-state index in [2.05, 4.69) is 46.4 Å². The Labute approximate surface area is 87.6 Å². The molecule has 0 aromatic heterocycles. The summed E-state index contributed by atoms with van der Waals surface area (Å²) in [6.45, 7) is 13.4. The molecular weight excluding hydrogens is 176 g/mol. The molecule has 84 valence electrons. The molecule has 14 heavy (non-hydrogen) atoms. The molecule has 2 heteroatoms. The summed E-state index contributed by atoms with van der Waals surface area (Å²) < 4.78 is 0. The van der Waals surface area contributed by atoms with Gasteiger partial charge in [0.1, 0.15) is 0 Å². The Bertz CT molecular complexity index is 191.